The van der Waals surface area contributed by atoms with Crippen molar-refractivity contribution < 1.29 is 9.90 Å². The van der Waals surface area contributed by atoms with Crippen molar-refractivity contribution in [1.29, 1.82) is 0 Å². The van der Waals surface area contributed by atoms with Gasteiger partial charge in [-0.3, -0.25) is 4.79 Å². The molecule has 1 unspecified atom stereocenters. The Labute approximate surface area is 148 Å². The topological polar surface area (TPSA) is 37.3 Å². The summed E-state index contributed by atoms with van der Waals surface area (Å²) in [5, 5.41) is 9.41. The van der Waals surface area contributed by atoms with Crippen molar-refractivity contribution in [2.24, 2.45) is 0 Å². The van der Waals surface area contributed by atoms with Crippen molar-refractivity contribution in [2.75, 3.05) is 0 Å². The molecule has 1 atom stereocenters. The van der Waals surface area contributed by atoms with E-state index in [2.05, 4.69) is 30.3 Å². The van der Waals surface area contributed by atoms with E-state index >= 15 is 0 Å². The summed E-state index contributed by atoms with van der Waals surface area (Å²) >= 11 is 0. The molecule has 2 heteroatoms. The number of carboxylic acid groups (broad SMARTS) is 1. The van der Waals surface area contributed by atoms with E-state index < -0.39 is 11.9 Å². The van der Waals surface area contributed by atoms with E-state index in [-0.39, 0.29) is 0 Å². The minimum atomic E-state index is -0.818. The van der Waals surface area contributed by atoms with Crippen molar-refractivity contribution in [3.63, 3.8) is 0 Å². The molecule has 0 saturated heterocycles. The zero-order valence-corrected chi connectivity index (χ0v) is 14.1. The zero-order valence-electron chi connectivity index (χ0n) is 14.1. The summed E-state index contributed by atoms with van der Waals surface area (Å²) in [5.74, 6) is -1.37. The average Bonchev–Trinajstić information content (AvgIpc) is 2.67. The van der Waals surface area contributed by atoms with Crippen LogP contribution in [0.4, 0.5) is 0 Å². The monoisotopic (exact) mass is 328 g/mol. The number of rotatable bonds is 5. The number of aliphatic carboxylic acids is 1. The molecule has 3 aromatic rings. The van der Waals surface area contributed by atoms with Crippen LogP contribution in [0.3, 0.4) is 0 Å². The first-order valence-corrected chi connectivity index (χ1v) is 8.31. The van der Waals surface area contributed by atoms with Gasteiger partial charge in [-0.15, -0.1) is 0 Å². The smallest absolute Gasteiger partial charge is 0.310 e. The Kier molecular flexibility index (Phi) is 5.10. The Morgan fingerprint density at radius 3 is 1.80 bits per heavy atom. The first-order chi connectivity index (χ1) is 12.2. The lowest BCUT2D eigenvalue weighted by atomic mass is 9.91. The SMILES string of the molecule is CC(C(=O)O)c1ccccc1C=C(c1ccccc1)c1ccccc1. The summed E-state index contributed by atoms with van der Waals surface area (Å²) in [5.41, 5.74) is 5.03. The molecule has 1 N–H and O–H groups in total. The van der Waals surface area contributed by atoms with Crippen LogP contribution in [-0.4, -0.2) is 11.1 Å². The Morgan fingerprint density at radius 2 is 1.28 bits per heavy atom. The van der Waals surface area contributed by atoms with Gasteiger partial charge >= 0.3 is 5.97 Å². The van der Waals surface area contributed by atoms with Crippen LogP contribution >= 0.6 is 0 Å². The molecule has 124 valence electrons. The van der Waals surface area contributed by atoms with Gasteiger partial charge in [0.05, 0.1) is 5.92 Å². The summed E-state index contributed by atoms with van der Waals surface area (Å²) < 4.78 is 0. The third-order valence-electron chi connectivity index (χ3n) is 4.30. The Hall–Kier alpha value is -3.13. The Bertz CT molecular complexity index is 839. The molecule has 2 nitrogen and oxygen atoms in total. The van der Waals surface area contributed by atoms with E-state index in [9.17, 15) is 9.90 Å². The van der Waals surface area contributed by atoms with Gasteiger partial charge in [-0.25, -0.2) is 0 Å². The quantitative estimate of drug-likeness (QED) is 0.631. The van der Waals surface area contributed by atoms with Crippen LogP contribution in [-0.2, 0) is 4.79 Å². The molecule has 0 aliphatic rings. The van der Waals surface area contributed by atoms with E-state index in [1.54, 1.807) is 6.92 Å². The normalized spacial score (nSPS) is 11.6. The third kappa shape index (κ3) is 3.86. The number of carbonyl (C=O) groups is 1. The molecule has 0 aliphatic heterocycles. The molecule has 0 fully saturated rings. The van der Waals surface area contributed by atoms with E-state index in [0.717, 1.165) is 27.8 Å². The highest BCUT2D eigenvalue weighted by Crippen LogP contribution is 2.29. The van der Waals surface area contributed by atoms with Gasteiger partial charge in [-0.1, -0.05) is 84.9 Å². The molecular weight excluding hydrogens is 308 g/mol. The van der Waals surface area contributed by atoms with Gasteiger partial charge in [0.25, 0.3) is 0 Å². The minimum Gasteiger partial charge on any atom is -0.481 e. The van der Waals surface area contributed by atoms with Crippen LogP contribution in [0.5, 0.6) is 0 Å². The second kappa shape index (κ2) is 7.63. The van der Waals surface area contributed by atoms with Crippen molar-refractivity contribution >= 4 is 17.6 Å². The van der Waals surface area contributed by atoms with Crippen LogP contribution in [0.25, 0.3) is 11.6 Å². The number of hydrogen-bond donors (Lipinski definition) is 1. The highest BCUT2D eigenvalue weighted by atomic mass is 16.4. The van der Waals surface area contributed by atoms with E-state index in [4.69, 9.17) is 0 Å². The van der Waals surface area contributed by atoms with Crippen LogP contribution in [0.2, 0.25) is 0 Å². The minimum absolute atomic E-state index is 0.555. The molecule has 0 aromatic heterocycles. The Balaban J connectivity index is 2.17. The summed E-state index contributed by atoms with van der Waals surface area (Å²) in [6, 6.07) is 28.0. The zero-order chi connectivity index (χ0) is 17.6. The molecular formula is C23H20O2. The van der Waals surface area contributed by atoms with Gasteiger partial charge in [0, 0.05) is 0 Å². The predicted molar refractivity (Wildman–Crippen MR) is 102 cm³/mol. The van der Waals surface area contributed by atoms with Crippen LogP contribution in [0.1, 0.15) is 35.1 Å². The second-order valence-electron chi connectivity index (χ2n) is 5.98. The molecule has 0 aliphatic carbocycles. The fourth-order valence-corrected chi connectivity index (χ4v) is 2.89. The lowest BCUT2D eigenvalue weighted by Crippen LogP contribution is -2.08. The maximum atomic E-state index is 11.5. The summed E-state index contributed by atoms with van der Waals surface area (Å²) in [7, 11) is 0. The number of benzene rings is 3. The molecule has 0 spiro atoms. The molecule has 3 rings (SSSR count). The first kappa shape index (κ1) is 16.7. The van der Waals surface area contributed by atoms with Crippen LogP contribution in [0.15, 0.2) is 84.9 Å². The van der Waals surface area contributed by atoms with Gasteiger partial charge in [-0.2, -0.15) is 0 Å². The average molecular weight is 328 g/mol. The van der Waals surface area contributed by atoms with Crippen LogP contribution < -0.4 is 0 Å². The third-order valence-corrected chi connectivity index (χ3v) is 4.30. The fraction of sp³-hybridized carbons (Fsp3) is 0.0870. The standard InChI is InChI=1S/C23H20O2/c1-17(23(24)25)21-15-9-8-14-20(21)16-22(18-10-4-2-5-11-18)19-12-6-3-7-13-19/h2-17H,1H3,(H,24,25). The summed E-state index contributed by atoms with van der Waals surface area (Å²) in [6.07, 6.45) is 2.08. The lowest BCUT2D eigenvalue weighted by molar-refractivity contribution is -0.138. The highest BCUT2D eigenvalue weighted by molar-refractivity contribution is 5.92. The Morgan fingerprint density at radius 1 is 0.800 bits per heavy atom. The van der Waals surface area contributed by atoms with Crippen molar-refractivity contribution in [1.82, 2.24) is 0 Å². The summed E-state index contributed by atoms with van der Waals surface area (Å²) in [6.45, 7) is 1.72. The van der Waals surface area contributed by atoms with E-state index in [1.165, 1.54) is 0 Å². The fourth-order valence-electron chi connectivity index (χ4n) is 2.89. The van der Waals surface area contributed by atoms with Gasteiger partial charge in [-0.05, 0) is 40.8 Å². The van der Waals surface area contributed by atoms with Crippen molar-refractivity contribution in [3.8, 4) is 0 Å². The number of hydrogen-bond acceptors (Lipinski definition) is 1. The summed E-state index contributed by atoms with van der Waals surface area (Å²) in [4.78, 5) is 11.5. The maximum Gasteiger partial charge on any atom is 0.310 e. The first-order valence-electron chi connectivity index (χ1n) is 8.31. The van der Waals surface area contributed by atoms with E-state index in [1.807, 2.05) is 60.7 Å². The molecule has 0 bridgehead atoms. The molecule has 0 amide bonds. The van der Waals surface area contributed by atoms with Gasteiger partial charge in [0.15, 0.2) is 0 Å². The van der Waals surface area contributed by atoms with Crippen molar-refractivity contribution in [2.45, 2.75) is 12.8 Å². The molecule has 25 heavy (non-hydrogen) atoms. The molecule has 0 saturated carbocycles. The van der Waals surface area contributed by atoms with Gasteiger partial charge < -0.3 is 5.11 Å². The maximum absolute atomic E-state index is 11.5. The molecule has 0 heterocycles. The molecule has 3 aromatic carbocycles. The van der Waals surface area contributed by atoms with Gasteiger partial charge in [0.1, 0.15) is 0 Å². The van der Waals surface area contributed by atoms with E-state index in [0.29, 0.717) is 0 Å². The number of carboxylic acids is 1. The van der Waals surface area contributed by atoms with Gasteiger partial charge in [0.2, 0.25) is 0 Å². The second-order valence-corrected chi connectivity index (χ2v) is 5.98. The lowest BCUT2D eigenvalue weighted by Gasteiger charge is -2.13. The molecule has 0 radical (unpaired) electrons. The van der Waals surface area contributed by atoms with Crippen LogP contribution in [0, 0.1) is 0 Å². The largest absolute Gasteiger partial charge is 0.481 e. The predicted octanol–water partition coefficient (Wildman–Crippen LogP) is 5.46. The van der Waals surface area contributed by atoms with Crippen molar-refractivity contribution in [3.05, 3.63) is 107 Å². The highest BCUT2D eigenvalue weighted by Gasteiger charge is 2.16.